The van der Waals surface area contributed by atoms with Gasteiger partial charge in [0.15, 0.2) is 0 Å². The highest BCUT2D eigenvalue weighted by molar-refractivity contribution is 6.30. The Morgan fingerprint density at radius 2 is 1.78 bits per heavy atom. The molecular weight excluding hydrogens is 432 g/mol. The van der Waals surface area contributed by atoms with Crippen molar-refractivity contribution in [1.29, 1.82) is 0 Å². The number of halogens is 1. The lowest BCUT2D eigenvalue weighted by Crippen LogP contribution is -2.55. The molecule has 32 heavy (non-hydrogen) atoms. The number of likely N-dealkylation sites (tertiary alicyclic amines) is 1. The summed E-state index contributed by atoms with van der Waals surface area (Å²) < 4.78 is 0. The van der Waals surface area contributed by atoms with E-state index in [9.17, 15) is 19.2 Å². The van der Waals surface area contributed by atoms with E-state index in [1.807, 2.05) is 26.0 Å². The van der Waals surface area contributed by atoms with Crippen LogP contribution in [0, 0.1) is 5.92 Å². The number of rotatable bonds is 9. The van der Waals surface area contributed by atoms with Crippen molar-refractivity contribution < 1.29 is 19.2 Å². The van der Waals surface area contributed by atoms with Crippen molar-refractivity contribution in [1.82, 2.24) is 20.4 Å². The van der Waals surface area contributed by atoms with Crippen LogP contribution in [0.25, 0.3) is 0 Å². The molecule has 2 rings (SSSR count). The van der Waals surface area contributed by atoms with Gasteiger partial charge in [0.2, 0.25) is 23.6 Å². The molecule has 4 amide bonds. The monoisotopic (exact) mass is 464 g/mol. The molecule has 8 nitrogen and oxygen atoms in total. The first-order valence-electron chi connectivity index (χ1n) is 11.0. The van der Waals surface area contributed by atoms with Crippen LogP contribution in [0.5, 0.6) is 0 Å². The summed E-state index contributed by atoms with van der Waals surface area (Å²) in [5, 5.41) is 6.02. The lowest BCUT2D eigenvalue weighted by Gasteiger charge is -2.34. The van der Waals surface area contributed by atoms with Crippen molar-refractivity contribution in [3.63, 3.8) is 0 Å². The Balaban J connectivity index is 2.05. The van der Waals surface area contributed by atoms with Gasteiger partial charge in [0.05, 0.1) is 6.54 Å². The third-order valence-corrected chi connectivity index (χ3v) is 5.67. The van der Waals surface area contributed by atoms with E-state index in [4.69, 9.17) is 11.6 Å². The second-order valence-corrected chi connectivity index (χ2v) is 9.00. The van der Waals surface area contributed by atoms with Crippen molar-refractivity contribution in [2.24, 2.45) is 5.92 Å². The summed E-state index contributed by atoms with van der Waals surface area (Å²) in [5.74, 6) is -0.955. The number of hydrogen-bond donors (Lipinski definition) is 2. The number of carbonyl (C=O) groups excluding carboxylic acids is 4. The van der Waals surface area contributed by atoms with Gasteiger partial charge in [0.25, 0.3) is 0 Å². The van der Waals surface area contributed by atoms with Crippen LogP contribution in [-0.4, -0.2) is 65.1 Å². The highest BCUT2D eigenvalue weighted by atomic mass is 35.5. The molecule has 1 heterocycles. The molecule has 1 saturated heterocycles. The van der Waals surface area contributed by atoms with E-state index in [0.717, 1.165) is 12.0 Å². The van der Waals surface area contributed by atoms with E-state index in [-0.39, 0.29) is 36.1 Å². The SMILES string of the molecule is CC(=O)NCC(=O)N(CC(C)C)[C@@H](C)C(=O)N1CCC[C@H]1C(=O)NCc1ccc(Cl)cc1. The van der Waals surface area contributed by atoms with Gasteiger partial charge < -0.3 is 20.4 Å². The summed E-state index contributed by atoms with van der Waals surface area (Å²) in [6, 6.07) is 5.90. The van der Waals surface area contributed by atoms with Crippen molar-refractivity contribution in [3.8, 4) is 0 Å². The van der Waals surface area contributed by atoms with E-state index < -0.39 is 12.1 Å². The summed E-state index contributed by atoms with van der Waals surface area (Å²) in [7, 11) is 0. The maximum absolute atomic E-state index is 13.3. The predicted molar refractivity (Wildman–Crippen MR) is 123 cm³/mol. The Kier molecular flexibility index (Phi) is 9.50. The van der Waals surface area contributed by atoms with Gasteiger partial charge in [-0.15, -0.1) is 0 Å². The maximum atomic E-state index is 13.3. The molecule has 0 saturated carbocycles. The van der Waals surface area contributed by atoms with E-state index >= 15 is 0 Å². The first kappa shape index (κ1) is 25.6. The average Bonchev–Trinajstić information content (AvgIpc) is 3.24. The molecule has 1 aliphatic heterocycles. The zero-order valence-electron chi connectivity index (χ0n) is 19.2. The molecule has 0 aromatic heterocycles. The summed E-state index contributed by atoms with van der Waals surface area (Å²) in [6.07, 6.45) is 1.30. The summed E-state index contributed by atoms with van der Waals surface area (Å²) in [5.41, 5.74) is 0.915. The Hall–Kier alpha value is -2.61. The molecule has 0 bridgehead atoms. The number of nitrogens with one attached hydrogen (secondary N) is 2. The van der Waals surface area contributed by atoms with Gasteiger partial charge in [0, 0.05) is 31.6 Å². The fourth-order valence-corrected chi connectivity index (χ4v) is 3.88. The fourth-order valence-electron chi connectivity index (χ4n) is 3.76. The van der Waals surface area contributed by atoms with Gasteiger partial charge in [-0.05, 0) is 43.4 Å². The molecule has 2 N–H and O–H groups in total. The first-order chi connectivity index (χ1) is 15.1. The van der Waals surface area contributed by atoms with Crippen molar-refractivity contribution in [2.75, 3.05) is 19.6 Å². The molecule has 1 fully saturated rings. The van der Waals surface area contributed by atoms with Crippen LogP contribution in [0.15, 0.2) is 24.3 Å². The number of benzene rings is 1. The van der Waals surface area contributed by atoms with Crippen molar-refractivity contribution in [2.45, 2.75) is 59.2 Å². The second-order valence-electron chi connectivity index (χ2n) is 8.56. The minimum absolute atomic E-state index is 0.142. The molecule has 176 valence electrons. The molecular formula is C23H33ClN4O4. The lowest BCUT2D eigenvalue weighted by atomic mass is 10.1. The molecule has 0 aliphatic carbocycles. The maximum Gasteiger partial charge on any atom is 0.245 e. The van der Waals surface area contributed by atoms with Gasteiger partial charge in [-0.1, -0.05) is 37.6 Å². The zero-order chi connectivity index (χ0) is 23.8. The second kappa shape index (κ2) is 11.9. The molecule has 0 unspecified atom stereocenters. The van der Waals surface area contributed by atoms with E-state index in [1.165, 1.54) is 11.8 Å². The van der Waals surface area contributed by atoms with Crippen LogP contribution in [0.4, 0.5) is 0 Å². The van der Waals surface area contributed by atoms with Crippen LogP contribution in [-0.2, 0) is 25.7 Å². The highest BCUT2D eigenvalue weighted by Gasteiger charge is 2.38. The largest absolute Gasteiger partial charge is 0.350 e. The van der Waals surface area contributed by atoms with E-state index in [0.29, 0.717) is 31.1 Å². The van der Waals surface area contributed by atoms with Crippen molar-refractivity contribution in [3.05, 3.63) is 34.9 Å². The zero-order valence-corrected chi connectivity index (χ0v) is 19.9. The van der Waals surface area contributed by atoms with Gasteiger partial charge in [0.1, 0.15) is 12.1 Å². The number of amides is 4. The Labute approximate surface area is 194 Å². The molecule has 1 aromatic carbocycles. The molecule has 0 spiro atoms. The van der Waals surface area contributed by atoms with E-state index in [1.54, 1.807) is 24.0 Å². The van der Waals surface area contributed by atoms with Gasteiger partial charge in [-0.25, -0.2) is 0 Å². The quantitative estimate of drug-likeness (QED) is 0.583. The van der Waals surface area contributed by atoms with Gasteiger partial charge >= 0.3 is 0 Å². The smallest absolute Gasteiger partial charge is 0.245 e. The van der Waals surface area contributed by atoms with Gasteiger partial charge in [-0.3, -0.25) is 19.2 Å². The molecule has 9 heteroatoms. The fraction of sp³-hybridized carbons (Fsp3) is 0.565. The standard InChI is InChI=1S/C23H33ClN4O4/c1-15(2)14-28(21(30)13-25-17(4)29)16(3)23(32)27-11-5-6-20(27)22(31)26-12-18-7-9-19(24)10-8-18/h7-10,15-16,20H,5-6,11-14H2,1-4H3,(H,25,29)(H,26,31)/t16-,20-/m0/s1. The minimum atomic E-state index is -0.733. The topological polar surface area (TPSA) is 98.8 Å². The minimum Gasteiger partial charge on any atom is -0.350 e. The number of hydrogen-bond acceptors (Lipinski definition) is 4. The van der Waals surface area contributed by atoms with Crippen LogP contribution >= 0.6 is 11.6 Å². The Morgan fingerprint density at radius 1 is 1.12 bits per heavy atom. The molecule has 0 radical (unpaired) electrons. The first-order valence-corrected chi connectivity index (χ1v) is 11.3. The summed E-state index contributed by atoms with van der Waals surface area (Å²) in [4.78, 5) is 53.1. The normalized spacial score (nSPS) is 16.6. The average molecular weight is 465 g/mol. The number of nitrogens with zero attached hydrogens (tertiary/aromatic N) is 2. The lowest BCUT2D eigenvalue weighted by molar-refractivity contribution is -0.148. The van der Waals surface area contributed by atoms with Crippen molar-refractivity contribution >= 4 is 35.2 Å². The third kappa shape index (κ3) is 7.22. The van der Waals surface area contributed by atoms with Crippen LogP contribution in [0.3, 0.4) is 0 Å². The van der Waals surface area contributed by atoms with Crippen LogP contribution in [0.1, 0.15) is 46.1 Å². The van der Waals surface area contributed by atoms with Gasteiger partial charge in [-0.2, -0.15) is 0 Å². The highest BCUT2D eigenvalue weighted by Crippen LogP contribution is 2.21. The number of carbonyl (C=O) groups is 4. The Bertz CT molecular complexity index is 828. The third-order valence-electron chi connectivity index (χ3n) is 5.41. The Morgan fingerprint density at radius 3 is 2.38 bits per heavy atom. The van der Waals surface area contributed by atoms with Crippen LogP contribution in [0.2, 0.25) is 5.02 Å². The molecule has 1 aromatic rings. The van der Waals surface area contributed by atoms with Crippen LogP contribution < -0.4 is 10.6 Å². The summed E-state index contributed by atoms with van der Waals surface area (Å²) >= 11 is 5.90. The molecule has 1 aliphatic rings. The predicted octanol–water partition coefficient (Wildman–Crippen LogP) is 1.96. The van der Waals surface area contributed by atoms with E-state index in [2.05, 4.69) is 10.6 Å². The summed E-state index contributed by atoms with van der Waals surface area (Å²) in [6.45, 7) is 7.97. The molecule has 2 atom stereocenters.